The van der Waals surface area contributed by atoms with E-state index in [9.17, 15) is 13.5 Å². The topological polar surface area (TPSA) is 54.4 Å². The van der Waals surface area contributed by atoms with E-state index in [4.69, 9.17) is 0 Å². The van der Waals surface area contributed by atoms with E-state index in [0.717, 1.165) is 5.56 Å². The second-order valence-corrected chi connectivity index (χ2v) is 6.00. The third-order valence-electron chi connectivity index (χ3n) is 2.68. The molecule has 0 aliphatic carbocycles. The van der Waals surface area contributed by atoms with Crippen molar-refractivity contribution in [2.45, 2.75) is 4.90 Å². The third kappa shape index (κ3) is 3.10. The number of hydrogen-bond acceptors (Lipinski definition) is 3. The quantitative estimate of drug-likeness (QED) is 0.932. The highest BCUT2D eigenvalue weighted by Crippen LogP contribution is 2.20. The third-order valence-corrected chi connectivity index (χ3v) is 4.51. The van der Waals surface area contributed by atoms with Gasteiger partial charge < -0.3 is 5.11 Å². The molecule has 2 aromatic rings. The van der Waals surface area contributed by atoms with E-state index in [2.05, 4.69) is 0 Å². The summed E-state index contributed by atoms with van der Waals surface area (Å²) in [6.07, 6.45) is 1.49. The zero-order chi connectivity index (χ0) is 13.7. The van der Waals surface area contributed by atoms with Crippen molar-refractivity contribution in [1.82, 2.24) is 0 Å². The summed E-state index contributed by atoms with van der Waals surface area (Å²) >= 11 is 0. The molecular weight excluding hydrogens is 260 g/mol. The molecule has 0 bridgehead atoms. The zero-order valence-corrected chi connectivity index (χ0v) is 11.0. The van der Waals surface area contributed by atoms with Gasteiger partial charge in [-0.15, -0.1) is 0 Å². The van der Waals surface area contributed by atoms with Gasteiger partial charge in [0.05, 0.1) is 16.4 Å². The molecular formula is C15H14O3S. The van der Waals surface area contributed by atoms with E-state index in [-0.39, 0.29) is 9.80 Å². The van der Waals surface area contributed by atoms with E-state index in [1.54, 1.807) is 30.3 Å². The summed E-state index contributed by atoms with van der Waals surface area (Å²) in [4.78, 5) is 0.177. The van der Waals surface area contributed by atoms with Gasteiger partial charge in [-0.05, 0) is 23.8 Å². The molecule has 0 saturated heterocycles. The number of benzene rings is 2. The predicted molar refractivity (Wildman–Crippen MR) is 75.1 cm³/mol. The van der Waals surface area contributed by atoms with E-state index >= 15 is 0 Å². The fourth-order valence-corrected chi connectivity index (χ4v) is 2.97. The van der Waals surface area contributed by atoms with Crippen molar-refractivity contribution in [3.05, 3.63) is 71.1 Å². The van der Waals surface area contributed by atoms with Gasteiger partial charge in [0.1, 0.15) is 0 Å². The van der Waals surface area contributed by atoms with Crippen molar-refractivity contribution in [3.63, 3.8) is 0 Å². The van der Waals surface area contributed by atoms with Gasteiger partial charge in [-0.2, -0.15) is 0 Å². The van der Waals surface area contributed by atoms with Crippen LogP contribution in [0.1, 0.15) is 5.56 Å². The number of aliphatic hydroxyl groups excluding tert-OH is 1. The van der Waals surface area contributed by atoms with Crippen molar-refractivity contribution in [3.8, 4) is 0 Å². The van der Waals surface area contributed by atoms with Crippen molar-refractivity contribution < 1.29 is 13.5 Å². The molecule has 0 aliphatic rings. The first kappa shape index (κ1) is 13.5. The molecule has 0 saturated carbocycles. The summed E-state index contributed by atoms with van der Waals surface area (Å²) in [5, 5.41) is 9.34. The second kappa shape index (κ2) is 5.82. The van der Waals surface area contributed by atoms with Crippen LogP contribution in [0.5, 0.6) is 0 Å². The number of hydrogen-bond donors (Lipinski definition) is 1. The highest BCUT2D eigenvalue weighted by molar-refractivity contribution is 7.95. The number of rotatable bonds is 4. The molecule has 0 amide bonds. The van der Waals surface area contributed by atoms with Crippen LogP contribution in [0.25, 0.3) is 6.08 Å². The molecule has 0 radical (unpaired) electrons. The zero-order valence-electron chi connectivity index (χ0n) is 10.2. The SMILES string of the molecule is O=S(=O)(C(=Cc1ccccc1)CO)c1ccccc1. The highest BCUT2D eigenvalue weighted by atomic mass is 32.2. The lowest BCUT2D eigenvalue weighted by Gasteiger charge is -2.06. The largest absolute Gasteiger partial charge is 0.391 e. The van der Waals surface area contributed by atoms with Crippen molar-refractivity contribution in [2.24, 2.45) is 0 Å². The van der Waals surface area contributed by atoms with Gasteiger partial charge in [-0.3, -0.25) is 0 Å². The van der Waals surface area contributed by atoms with Crippen LogP contribution in [0.3, 0.4) is 0 Å². The number of sulfone groups is 1. The van der Waals surface area contributed by atoms with E-state index in [1.165, 1.54) is 18.2 Å². The van der Waals surface area contributed by atoms with Gasteiger partial charge >= 0.3 is 0 Å². The summed E-state index contributed by atoms with van der Waals surface area (Å²) in [6, 6.07) is 17.2. The minimum absolute atomic E-state index is 0.00935. The van der Waals surface area contributed by atoms with Crippen LogP contribution in [0.4, 0.5) is 0 Å². The van der Waals surface area contributed by atoms with Gasteiger partial charge in [0.2, 0.25) is 9.84 Å². The molecule has 0 fully saturated rings. The molecule has 98 valence electrons. The first-order valence-corrected chi connectivity index (χ1v) is 7.29. The Kier molecular flexibility index (Phi) is 4.14. The Morgan fingerprint density at radius 2 is 1.47 bits per heavy atom. The normalized spacial score (nSPS) is 12.4. The summed E-state index contributed by atoms with van der Waals surface area (Å²) in [5.41, 5.74) is 0.742. The van der Waals surface area contributed by atoms with Crippen LogP contribution in [-0.2, 0) is 9.84 Å². The Labute approximate surface area is 112 Å². The van der Waals surface area contributed by atoms with Crippen LogP contribution < -0.4 is 0 Å². The average Bonchev–Trinajstić information content (AvgIpc) is 2.46. The minimum Gasteiger partial charge on any atom is -0.391 e. The minimum atomic E-state index is -3.64. The van der Waals surface area contributed by atoms with Gasteiger partial charge in [0, 0.05) is 0 Å². The molecule has 0 aromatic heterocycles. The summed E-state index contributed by atoms with van der Waals surface area (Å²) < 4.78 is 24.7. The maximum atomic E-state index is 12.3. The standard InChI is InChI=1S/C15H14O3S/c16-12-15(11-13-7-3-1-4-8-13)19(17,18)14-9-5-2-6-10-14/h1-11,16H,12H2. The van der Waals surface area contributed by atoms with E-state index in [0.29, 0.717) is 0 Å². The van der Waals surface area contributed by atoms with Gasteiger partial charge in [0.15, 0.2) is 0 Å². The molecule has 0 unspecified atom stereocenters. The van der Waals surface area contributed by atoms with E-state index in [1.807, 2.05) is 18.2 Å². The maximum Gasteiger partial charge on any atom is 0.205 e. The average molecular weight is 274 g/mol. The molecule has 0 heterocycles. The molecule has 0 atom stereocenters. The van der Waals surface area contributed by atoms with Crippen LogP contribution in [0.2, 0.25) is 0 Å². The molecule has 0 aliphatic heterocycles. The highest BCUT2D eigenvalue weighted by Gasteiger charge is 2.19. The molecule has 1 N–H and O–H groups in total. The van der Waals surface area contributed by atoms with Crippen molar-refractivity contribution in [1.29, 1.82) is 0 Å². The summed E-state index contributed by atoms with van der Waals surface area (Å²) in [7, 11) is -3.64. The molecule has 0 spiro atoms. The Balaban J connectivity index is 2.46. The Bertz CT molecular complexity index is 659. The first-order chi connectivity index (χ1) is 9.14. The predicted octanol–water partition coefficient (Wildman–Crippen LogP) is 2.49. The van der Waals surface area contributed by atoms with E-state index < -0.39 is 16.4 Å². The number of aliphatic hydroxyl groups is 1. The molecule has 19 heavy (non-hydrogen) atoms. The molecule has 4 heteroatoms. The van der Waals surface area contributed by atoms with Gasteiger partial charge in [-0.25, -0.2) is 8.42 Å². The lowest BCUT2D eigenvalue weighted by Crippen LogP contribution is -2.08. The van der Waals surface area contributed by atoms with Gasteiger partial charge in [0.25, 0.3) is 0 Å². The van der Waals surface area contributed by atoms with Gasteiger partial charge in [-0.1, -0.05) is 48.5 Å². The molecule has 3 nitrogen and oxygen atoms in total. The van der Waals surface area contributed by atoms with Crippen LogP contribution in [-0.4, -0.2) is 20.1 Å². The van der Waals surface area contributed by atoms with Crippen LogP contribution >= 0.6 is 0 Å². The maximum absolute atomic E-state index is 12.3. The molecule has 2 aromatic carbocycles. The second-order valence-electron chi connectivity index (χ2n) is 4.00. The monoisotopic (exact) mass is 274 g/mol. The smallest absolute Gasteiger partial charge is 0.205 e. The first-order valence-electron chi connectivity index (χ1n) is 5.81. The fourth-order valence-electron chi connectivity index (χ4n) is 1.69. The Morgan fingerprint density at radius 3 is 2.00 bits per heavy atom. The van der Waals surface area contributed by atoms with Crippen molar-refractivity contribution >= 4 is 15.9 Å². The summed E-state index contributed by atoms with van der Waals surface area (Å²) in [6.45, 7) is -0.522. The molecule has 2 rings (SSSR count). The van der Waals surface area contributed by atoms with Crippen molar-refractivity contribution in [2.75, 3.05) is 6.61 Å². The summed E-state index contributed by atoms with van der Waals surface area (Å²) in [5.74, 6) is 0. The lowest BCUT2D eigenvalue weighted by atomic mass is 10.2. The lowest BCUT2D eigenvalue weighted by molar-refractivity contribution is 0.338. The Morgan fingerprint density at radius 1 is 0.947 bits per heavy atom. The fraction of sp³-hybridized carbons (Fsp3) is 0.0667. The Hall–Kier alpha value is -1.91. The van der Waals surface area contributed by atoms with Crippen LogP contribution in [0, 0.1) is 0 Å². The van der Waals surface area contributed by atoms with Crippen LogP contribution in [0.15, 0.2) is 70.5 Å².